The molecule has 3 heteroatoms. The molecule has 0 aliphatic heterocycles. The minimum Gasteiger partial charge on any atom is -0.387 e. The Labute approximate surface area is 65.9 Å². The second kappa shape index (κ2) is 3.46. The number of aliphatic hydroxyl groups excluding tert-OH is 1. The first-order valence-corrected chi connectivity index (χ1v) is 3.55. The van der Waals surface area contributed by atoms with Crippen molar-refractivity contribution >= 4 is 0 Å². The van der Waals surface area contributed by atoms with E-state index in [4.69, 9.17) is 5.73 Å². The van der Waals surface area contributed by atoms with E-state index in [0.29, 0.717) is 0 Å². The Bertz CT molecular complexity index is 237. The van der Waals surface area contributed by atoms with Crippen LogP contribution in [-0.2, 0) is 0 Å². The van der Waals surface area contributed by atoms with E-state index in [1.54, 1.807) is 12.3 Å². The fourth-order valence-corrected chi connectivity index (χ4v) is 0.976. The highest BCUT2D eigenvalue weighted by Crippen LogP contribution is 2.12. The van der Waals surface area contributed by atoms with E-state index >= 15 is 0 Å². The Hall–Kier alpha value is -0.930. The van der Waals surface area contributed by atoms with Gasteiger partial charge in [-0.3, -0.25) is 4.98 Å². The van der Waals surface area contributed by atoms with Crippen LogP contribution >= 0.6 is 0 Å². The van der Waals surface area contributed by atoms with Crippen molar-refractivity contribution in [2.24, 2.45) is 5.73 Å². The van der Waals surface area contributed by atoms with Gasteiger partial charge in [-0.1, -0.05) is 6.07 Å². The standard InChI is InChI=1S/C8H12N2O/c1-6-7(8(11)5-9)3-2-4-10-6/h2-4,8,11H,5,9H2,1H3. The van der Waals surface area contributed by atoms with Crippen LogP contribution in [0.15, 0.2) is 18.3 Å². The molecule has 3 nitrogen and oxygen atoms in total. The molecule has 0 bridgehead atoms. The zero-order valence-electron chi connectivity index (χ0n) is 6.49. The first-order valence-electron chi connectivity index (χ1n) is 3.55. The summed E-state index contributed by atoms with van der Waals surface area (Å²) in [5.41, 5.74) is 6.95. The monoisotopic (exact) mass is 152 g/mol. The lowest BCUT2D eigenvalue weighted by Crippen LogP contribution is -2.12. The minimum absolute atomic E-state index is 0.243. The van der Waals surface area contributed by atoms with Crippen LogP contribution in [-0.4, -0.2) is 16.6 Å². The van der Waals surface area contributed by atoms with Crippen LogP contribution in [0.4, 0.5) is 0 Å². The van der Waals surface area contributed by atoms with Crippen molar-refractivity contribution in [3.8, 4) is 0 Å². The Morgan fingerprint density at radius 1 is 1.73 bits per heavy atom. The minimum atomic E-state index is -0.580. The molecule has 0 fully saturated rings. The van der Waals surface area contributed by atoms with E-state index in [0.717, 1.165) is 11.3 Å². The van der Waals surface area contributed by atoms with Gasteiger partial charge in [0.15, 0.2) is 0 Å². The maximum Gasteiger partial charge on any atom is 0.0929 e. The predicted octanol–water partition coefficient (Wildman–Crippen LogP) is 0.382. The lowest BCUT2D eigenvalue weighted by Gasteiger charge is -2.09. The predicted molar refractivity (Wildman–Crippen MR) is 43.0 cm³/mol. The van der Waals surface area contributed by atoms with Gasteiger partial charge in [0, 0.05) is 24.0 Å². The Kier molecular flexibility index (Phi) is 2.57. The number of nitrogens with two attached hydrogens (primary N) is 1. The third-order valence-electron chi connectivity index (χ3n) is 1.63. The zero-order chi connectivity index (χ0) is 8.27. The van der Waals surface area contributed by atoms with Crippen molar-refractivity contribution in [2.75, 3.05) is 6.54 Å². The fraction of sp³-hybridized carbons (Fsp3) is 0.375. The van der Waals surface area contributed by atoms with Crippen molar-refractivity contribution in [1.82, 2.24) is 4.98 Å². The zero-order valence-corrected chi connectivity index (χ0v) is 6.49. The molecule has 0 aliphatic rings. The number of pyridine rings is 1. The van der Waals surface area contributed by atoms with Crippen molar-refractivity contribution in [1.29, 1.82) is 0 Å². The number of aryl methyl sites for hydroxylation is 1. The van der Waals surface area contributed by atoms with Gasteiger partial charge in [0.05, 0.1) is 6.10 Å². The summed E-state index contributed by atoms with van der Waals surface area (Å²) in [6.07, 6.45) is 1.12. The van der Waals surface area contributed by atoms with Crippen molar-refractivity contribution in [3.63, 3.8) is 0 Å². The molecule has 0 aliphatic carbocycles. The molecule has 0 amide bonds. The molecule has 11 heavy (non-hydrogen) atoms. The molecule has 0 aromatic carbocycles. The molecule has 0 saturated heterocycles. The molecule has 0 spiro atoms. The number of hydrogen-bond donors (Lipinski definition) is 2. The Balaban J connectivity index is 2.93. The lowest BCUT2D eigenvalue weighted by atomic mass is 10.1. The van der Waals surface area contributed by atoms with Crippen LogP contribution in [0.25, 0.3) is 0 Å². The third kappa shape index (κ3) is 1.76. The second-order valence-electron chi connectivity index (χ2n) is 2.43. The second-order valence-corrected chi connectivity index (χ2v) is 2.43. The molecule has 1 rings (SSSR count). The molecule has 1 unspecified atom stereocenters. The molecule has 0 saturated carbocycles. The largest absolute Gasteiger partial charge is 0.387 e. The highest BCUT2D eigenvalue weighted by atomic mass is 16.3. The quantitative estimate of drug-likeness (QED) is 0.644. The van der Waals surface area contributed by atoms with Gasteiger partial charge < -0.3 is 10.8 Å². The summed E-state index contributed by atoms with van der Waals surface area (Å²) in [5, 5.41) is 9.35. The number of aliphatic hydroxyl groups is 1. The molecule has 1 atom stereocenters. The van der Waals surface area contributed by atoms with Crippen LogP contribution < -0.4 is 5.73 Å². The van der Waals surface area contributed by atoms with Crippen LogP contribution in [0, 0.1) is 6.92 Å². The summed E-state index contributed by atoms with van der Waals surface area (Å²) < 4.78 is 0. The SMILES string of the molecule is Cc1ncccc1C(O)CN. The average Bonchev–Trinajstić information content (AvgIpc) is 2.04. The van der Waals surface area contributed by atoms with Gasteiger partial charge in [-0.05, 0) is 13.0 Å². The third-order valence-corrected chi connectivity index (χ3v) is 1.63. The summed E-state index contributed by atoms with van der Waals surface area (Å²) >= 11 is 0. The summed E-state index contributed by atoms with van der Waals surface area (Å²) in [4.78, 5) is 4.03. The Morgan fingerprint density at radius 3 is 3.00 bits per heavy atom. The molecular formula is C8H12N2O. The maximum absolute atomic E-state index is 9.35. The molecular weight excluding hydrogens is 140 g/mol. The van der Waals surface area contributed by atoms with Crippen LogP contribution in [0.5, 0.6) is 0 Å². The van der Waals surface area contributed by atoms with Gasteiger partial charge in [-0.15, -0.1) is 0 Å². The van der Waals surface area contributed by atoms with E-state index in [2.05, 4.69) is 4.98 Å². The topological polar surface area (TPSA) is 59.1 Å². The molecule has 1 aromatic heterocycles. The van der Waals surface area contributed by atoms with E-state index in [9.17, 15) is 5.11 Å². The number of rotatable bonds is 2. The highest BCUT2D eigenvalue weighted by Gasteiger charge is 2.06. The molecule has 1 aromatic rings. The van der Waals surface area contributed by atoms with Gasteiger partial charge in [-0.2, -0.15) is 0 Å². The smallest absolute Gasteiger partial charge is 0.0929 e. The summed E-state index contributed by atoms with van der Waals surface area (Å²) in [5.74, 6) is 0. The van der Waals surface area contributed by atoms with Crippen LogP contribution in [0.3, 0.4) is 0 Å². The van der Waals surface area contributed by atoms with Crippen LogP contribution in [0.2, 0.25) is 0 Å². The maximum atomic E-state index is 9.35. The summed E-state index contributed by atoms with van der Waals surface area (Å²) in [6.45, 7) is 2.10. The molecule has 60 valence electrons. The van der Waals surface area contributed by atoms with Crippen molar-refractivity contribution in [2.45, 2.75) is 13.0 Å². The average molecular weight is 152 g/mol. The fourth-order valence-electron chi connectivity index (χ4n) is 0.976. The number of nitrogens with zero attached hydrogens (tertiary/aromatic N) is 1. The van der Waals surface area contributed by atoms with Crippen molar-refractivity contribution in [3.05, 3.63) is 29.6 Å². The van der Waals surface area contributed by atoms with Gasteiger partial charge in [0.25, 0.3) is 0 Å². The molecule has 3 N–H and O–H groups in total. The Morgan fingerprint density at radius 2 is 2.45 bits per heavy atom. The van der Waals surface area contributed by atoms with Crippen LogP contribution in [0.1, 0.15) is 17.4 Å². The number of aromatic nitrogens is 1. The first-order chi connectivity index (χ1) is 5.25. The first kappa shape index (κ1) is 8.17. The summed E-state index contributed by atoms with van der Waals surface area (Å²) in [6, 6.07) is 3.63. The van der Waals surface area contributed by atoms with E-state index in [-0.39, 0.29) is 6.54 Å². The van der Waals surface area contributed by atoms with Gasteiger partial charge in [-0.25, -0.2) is 0 Å². The van der Waals surface area contributed by atoms with E-state index in [1.807, 2.05) is 13.0 Å². The van der Waals surface area contributed by atoms with Crippen molar-refractivity contribution < 1.29 is 5.11 Å². The molecule has 1 heterocycles. The van der Waals surface area contributed by atoms with Gasteiger partial charge >= 0.3 is 0 Å². The van der Waals surface area contributed by atoms with Gasteiger partial charge in [0.2, 0.25) is 0 Å². The lowest BCUT2D eigenvalue weighted by molar-refractivity contribution is 0.185. The molecule has 0 radical (unpaired) electrons. The number of hydrogen-bond acceptors (Lipinski definition) is 3. The van der Waals surface area contributed by atoms with E-state index in [1.165, 1.54) is 0 Å². The highest BCUT2D eigenvalue weighted by molar-refractivity contribution is 5.20. The summed E-state index contributed by atoms with van der Waals surface area (Å²) in [7, 11) is 0. The van der Waals surface area contributed by atoms with Gasteiger partial charge in [0.1, 0.15) is 0 Å². The normalized spacial score (nSPS) is 13.0. The van der Waals surface area contributed by atoms with E-state index < -0.39 is 6.10 Å².